The number of carbonyl (C=O) groups excluding carboxylic acids is 3. The van der Waals surface area contributed by atoms with Gasteiger partial charge in [0, 0.05) is 6.42 Å². The van der Waals surface area contributed by atoms with Crippen molar-refractivity contribution in [1.29, 1.82) is 0 Å². The van der Waals surface area contributed by atoms with Crippen molar-refractivity contribution in [3.8, 4) is 0 Å². The molecule has 0 aliphatic rings. The van der Waals surface area contributed by atoms with Gasteiger partial charge in [-0.15, -0.1) is 0 Å². The number of hydrogen-bond donors (Lipinski definition) is 1. The van der Waals surface area contributed by atoms with Gasteiger partial charge in [0.25, 0.3) is 0 Å². The van der Waals surface area contributed by atoms with E-state index in [0.29, 0.717) is 0 Å². The first-order chi connectivity index (χ1) is 9.21. The molecule has 0 rings (SSSR count). The van der Waals surface area contributed by atoms with Crippen LogP contribution in [0.3, 0.4) is 0 Å². The molecule has 0 radical (unpaired) electrons. The molecule has 0 saturated heterocycles. The first kappa shape index (κ1) is 18.2. The topological polar surface area (TPSA) is 81.7 Å². The van der Waals surface area contributed by atoms with Crippen LogP contribution in [0.2, 0.25) is 0 Å². The standard InChI is InChI=1S/C11H16F3NO5/c1-3-19-9(17)8(10(18)20-4-2)15-7(16)5-6-11(12,13)14/h8H,3-6H2,1-2H3,(H,15,16). The fourth-order valence-corrected chi connectivity index (χ4v) is 1.15. The van der Waals surface area contributed by atoms with E-state index in [1.807, 2.05) is 5.32 Å². The Morgan fingerprint density at radius 3 is 1.85 bits per heavy atom. The predicted octanol–water partition coefficient (Wildman–Crippen LogP) is 0.940. The molecule has 6 nitrogen and oxygen atoms in total. The minimum absolute atomic E-state index is 0.0485. The molecule has 0 atom stereocenters. The average molecular weight is 299 g/mol. The number of hydrogen-bond acceptors (Lipinski definition) is 5. The van der Waals surface area contributed by atoms with Gasteiger partial charge in [-0.3, -0.25) is 4.79 Å². The quantitative estimate of drug-likeness (QED) is 0.559. The van der Waals surface area contributed by atoms with Crippen LogP contribution in [-0.2, 0) is 23.9 Å². The third-order valence-corrected chi connectivity index (χ3v) is 1.99. The number of esters is 2. The molecular weight excluding hydrogens is 283 g/mol. The molecule has 0 aromatic carbocycles. The molecule has 1 N–H and O–H groups in total. The number of ether oxygens (including phenoxy) is 2. The molecular formula is C11H16F3NO5. The highest BCUT2D eigenvalue weighted by Gasteiger charge is 2.33. The van der Waals surface area contributed by atoms with Gasteiger partial charge in [-0.2, -0.15) is 13.2 Å². The molecule has 0 spiro atoms. The largest absolute Gasteiger partial charge is 0.464 e. The first-order valence-corrected chi connectivity index (χ1v) is 5.90. The molecule has 0 aliphatic heterocycles. The van der Waals surface area contributed by atoms with Crippen LogP contribution in [0.1, 0.15) is 26.7 Å². The Hall–Kier alpha value is -1.80. The van der Waals surface area contributed by atoms with E-state index in [2.05, 4.69) is 9.47 Å². The minimum atomic E-state index is -4.50. The van der Waals surface area contributed by atoms with Crippen molar-refractivity contribution in [2.45, 2.75) is 38.9 Å². The lowest BCUT2D eigenvalue weighted by Gasteiger charge is -2.16. The fourth-order valence-electron chi connectivity index (χ4n) is 1.15. The highest BCUT2D eigenvalue weighted by atomic mass is 19.4. The molecule has 0 aromatic rings. The Kier molecular flexibility index (Phi) is 7.63. The summed E-state index contributed by atoms with van der Waals surface area (Å²) in [7, 11) is 0. The van der Waals surface area contributed by atoms with Crippen LogP contribution in [0, 0.1) is 0 Å². The van der Waals surface area contributed by atoms with Crippen LogP contribution >= 0.6 is 0 Å². The maximum Gasteiger partial charge on any atom is 0.389 e. The zero-order valence-corrected chi connectivity index (χ0v) is 11.1. The molecule has 0 aromatic heterocycles. The second-order valence-electron chi connectivity index (χ2n) is 3.62. The normalized spacial score (nSPS) is 11.1. The lowest BCUT2D eigenvalue weighted by molar-refractivity contribution is -0.160. The Balaban J connectivity index is 4.59. The predicted molar refractivity (Wildman–Crippen MR) is 60.5 cm³/mol. The number of halogens is 3. The van der Waals surface area contributed by atoms with Gasteiger partial charge in [-0.25, -0.2) is 9.59 Å². The van der Waals surface area contributed by atoms with Crippen molar-refractivity contribution in [2.24, 2.45) is 0 Å². The van der Waals surface area contributed by atoms with Crippen molar-refractivity contribution in [3.05, 3.63) is 0 Å². The highest BCUT2D eigenvalue weighted by molar-refractivity contribution is 6.02. The number of nitrogens with one attached hydrogen (secondary N) is 1. The number of alkyl halides is 3. The summed E-state index contributed by atoms with van der Waals surface area (Å²) < 4.78 is 44.9. The monoisotopic (exact) mass is 299 g/mol. The lowest BCUT2D eigenvalue weighted by Crippen LogP contribution is -2.48. The van der Waals surface area contributed by atoms with Gasteiger partial charge in [0.05, 0.1) is 19.6 Å². The Morgan fingerprint density at radius 2 is 1.50 bits per heavy atom. The van der Waals surface area contributed by atoms with Crippen molar-refractivity contribution in [2.75, 3.05) is 13.2 Å². The van der Waals surface area contributed by atoms with Crippen molar-refractivity contribution in [1.82, 2.24) is 5.32 Å². The van der Waals surface area contributed by atoms with E-state index in [4.69, 9.17) is 0 Å². The van der Waals surface area contributed by atoms with E-state index in [0.717, 1.165) is 0 Å². The molecule has 20 heavy (non-hydrogen) atoms. The Bertz CT molecular complexity index is 338. The average Bonchev–Trinajstić information content (AvgIpc) is 2.33. The van der Waals surface area contributed by atoms with E-state index < -0.39 is 42.9 Å². The fraction of sp³-hybridized carbons (Fsp3) is 0.727. The van der Waals surface area contributed by atoms with Crippen LogP contribution in [0.15, 0.2) is 0 Å². The number of carbonyl (C=O) groups is 3. The van der Waals surface area contributed by atoms with Crippen molar-refractivity contribution >= 4 is 17.8 Å². The lowest BCUT2D eigenvalue weighted by atomic mass is 10.2. The highest BCUT2D eigenvalue weighted by Crippen LogP contribution is 2.21. The smallest absolute Gasteiger partial charge is 0.389 e. The van der Waals surface area contributed by atoms with E-state index in [-0.39, 0.29) is 13.2 Å². The molecule has 0 bridgehead atoms. The van der Waals surface area contributed by atoms with Crippen LogP contribution in [-0.4, -0.2) is 43.3 Å². The summed E-state index contributed by atoms with van der Waals surface area (Å²) in [4.78, 5) is 34.2. The molecule has 0 aliphatic carbocycles. The molecule has 0 fully saturated rings. The zero-order chi connectivity index (χ0) is 15.8. The van der Waals surface area contributed by atoms with Crippen molar-refractivity contribution in [3.63, 3.8) is 0 Å². The van der Waals surface area contributed by atoms with Crippen LogP contribution in [0.5, 0.6) is 0 Å². The third-order valence-electron chi connectivity index (χ3n) is 1.99. The Morgan fingerprint density at radius 1 is 1.05 bits per heavy atom. The van der Waals surface area contributed by atoms with Gasteiger partial charge >= 0.3 is 18.1 Å². The maximum absolute atomic E-state index is 11.9. The van der Waals surface area contributed by atoms with Gasteiger partial charge in [-0.1, -0.05) is 0 Å². The van der Waals surface area contributed by atoms with E-state index in [1.165, 1.54) is 13.8 Å². The van der Waals surface area contributed by atoms with Gasteiger partial charge in [-0.05, 0) is 13.8 Å². The molecule has 9 heteroatoms. The van der Waals surface area contributed by atoms with Crippen LogP contribution in [0.4, 0.5) is 13.2 Å². The van der Waals surface area contributed by atoms with E-state index in [1.54, 1.807) is 0 Å². The summed E-state index contributed by atoms with van der Waals surface area (Å²) in [5.41, 5.74) is 0. The van der Waals surface area contributed by atoms with Crippen LogP contribution in [0.25, 0.3) is 0 Å². The minimum Gasteiger partial charge on any atom is -0.464 e. The van der Waals surface area contributed by atoms with Gasteiger partial charge in [0.15, 0.2) is 0 Å². The van der Waals surface area contributed by atoms with E-state index >= 15 is 0 Å². The van der Waals surface area contributed by atoms with Crippen molar-refractivity contribution < 1.29 is 37.0 Å². The summed E-state index contributed by atoms with van der Waals surface area (Å²) in [5, 5.41) is 1.87. The third kappa shape index (κ3) is 7.59. The second-order valence-corrected chi connectivity index (χ2v) is 3.62. The molecule has 116 valence electrons. The van der Waals surface area contributed by atoms with Gasteiger partial charge in [0.1, 0.15) is 0 Å². The number of rotatable bonds is 7. The van der Waals surface area contributed by atoms with Gasteiger partial charge < -0.3 is 14.8 Å². The first-order valence-electron chi connectivity index (χ1n) is 5.90. The summed E-state index contributed by atoms with van der Waals surface area (Å²) in [6.07, 6.45) is -6.74. The maximum atomic E-state index is 11.9. The molecule has 0 unspecified atom stereocenters. The second kappa shape index (κ2) is 8.39. The summed E-state index contributed by atoms with van der Waals surface area (Å²) in [6, 6.07) is -1.75. The molecule has 0 saturated carbocycles. The summed E-state index contributed by atoms with van der Waals surface area (Å²) in [6.45, 7) is 2.86. The van der Waals surface area contributed by atoms with Crippen LogP contribution < -0.4 is 5.32 Å². The molecule has 1 amide bonds. The van der Waals surface area contributed by atoms with E-state index in [9.17, 15) is 27.6 Å². The summed E-state index contributed by atoms with van der Waals surface area (Å²) >= 11 is 0. The number of amides is 1. The Labute approximate surface area is 113 Å². The zero-order valence-electron chi connectivity index (χ0n) is 11.1. The SMILES string of the molecule is CCOC(=O)C(NC(=O)CCC(F)(F)F)C(=O)OCC. The van der Waals surface area contributed by atoms with Gasteiger partial charge in [0.2, 0.25) is 11.9 Å². The summed E-state index contributed by atoms with van der Waals surface area (Å²) in [5.74, 6) is -3.24. The molecule has 0 heterocycles.